The van der Waals surface area contributed by atoms with Crippen molar-refractivity contribution in [2.24, 2.45) is 0 Å². The third-order valence-corrected chi connectivity index (χ3v) is 7.53. The zero-order valence-corrected chi connectivity index (χ0v) is 18.1. The van der Waals surface area contributed by atoms with Crippen LogP contribution in [0.5, 0.6) is 0 Å². The molecule has 6 rings (SSSR count). The first-order valence-electron chi connectivity index (χ1n) is 12.2. The molecule has 0 aliphatic heterocycles. The van der Waals surface area contributed by atoms with E-state index in [-0.39, 0.29) is 0 Å². The normalized spacial score (nSPS) is 18.7. The SMILES string of the molecule is c1ccc(-c2cccc3c2oc2nc(C4CCCCC4)cc(C4CCCCC4)c23)nc1. The molecule has 0 N–H and O–H groups in total. The van der Waals surface area contributed by atoms with E-state index in [1.54, 1.807) is 0 Å². The lowest BCUT2D eigenvalue weighted by molar-refractivity contribution is 0.431. The van der Waals surface area contributed by atoms with Gasteiger partial charge in [0.25, 0.3) is 0 Å². The highest BCUT2D eigenvalue weighted by Gasteiger charge is 2.26. The Kier molecular flexibility index (Phi) is 4.98. The van der Waals surface area contributed by atoms with Crippen molar-refractivity contribution in [1.82, 2.24) is 9.97 Å². The molecule has 2 fully saturated rings. The molecule has 1 aromatic carbocycles. The highest BCUT2D eigenvalue weighted by atomic mass is 16.3. The van der Waals surface area contributed by atoms with E-state index in [0.29, 0.717) is 11.8 Å². The van der Waals surface area contributed by atoms with Gasteiger partial charge in [-0.25, -0.2) is 4.98 Å². The molecule has 3 heterocycles. The molecule has 0 saturated heterocycles. The maximum Gasteiger partial charge on any atom is 0.227 e. The van der Waals surface area contributed by atoms with Crippen LogP contribution in [0, 0.1) is 0 Å². The molecule has 158 valence electrons. The predicted molar refractivity (Wildman–Crippen MR) is 126 cm³/mol. The van der Waals surface area contributed by atoms with Gasteiger partial charge in [0.05, 0.1) is 11.1 Å². The minimum Gasteiger partial charge on any atom is -0.437 e. The molecule has 2 saturated carbocycles. The minimum absolute atomic E-state index is 0.587. The summed E-state index contributed by atoms with van der Waals surface area (Å²) >= 11 is 0. The van der Waals surface area contributed by atoms with Gasteiger partial charge in [0.2, 0.25) is 5.71 Å². The largest absolute Gasteiger partial charge is 0.437 e. The average Bonchev–Trinajstić information content (AvgIpc) is 3.24. The third-order valence-electron chi connectivity index (χ3n) is 7.53. The summed E-state index contributed by atoms with van der Waals surface area (Å²) in [6.45, 7) is 0. The Labute approximate surface area is 183 Å². The van der Waals surface area contributed by atoms with E-state index in [4.69, 9.17) is 9.40 Å². The minimum atomic E-state index is 0.587. The van der Waals surface area contributed by atoms with Crippen LogP contribution in [0.15, 0.2) is 53.1 Å². The molecular weight excluding hydrogens is 380 g/mol. The van der Waals surface area contributed by atoms with Crippen molar-refractivity contribution in [1.29, 1.82) is 0 Å². The summed E-state index contributed by atoms with van der Waals surface area (Å²) in [4.78, 5) is 9.73. The molecule has 0 radical (unpaired) electrons. The van der Waals surface area contributed by atoms with Crippen LogP contribution in [0.2, 0.25) is 0 Å². The van der Waals surface area contributed by atoms with E-state index in [1.807, 2.05) is 18.3 Å². The highest BCUT2D eigenvalue weighted by Crippen LogP contribution is 2.44. The van der Waals surface area contributed by atoms with Crippen molar-refractivity contribution in [3.05, 3.63) is 59.9 Å². The number of furan rings is 1. The maximum absolute atomic E-state index is 6.55. The first kappa shape index (κ1) is 19.0. The van der Waals surface area contributed by atoms with Crippen molar-refractivity contribution < 1.29 is 4.42 Å². The van der Waals surface area contributed by atoms with Gasteiger partial charge in [-0.1, -0.05) is 56.7 Å². The smallest absolute Gasteiger partial charge is 0.227 e. The van der Waals surface area contributed by atoms with Crippen LogP contribution in [0.25, 0.3) is 33.3 Å². The highest BCUT2D eigenvalue weighted by molar-refractivity contribution is 6.10. The molecule has 0 amide bonds. The number of fused-ring (bicyclic) bond motifs is 3. The lowest BCUT2D eigenvalue weighted by atomic mass is 9.80. The van der Waals surface area contributed by atoms with Crippen molar-refractivity contribution in [2.45, 2.75) is 76.0 Å². The van der Waals surface area contributed by atoms with Gasteiger partial charge in [-0.2, -0.15) is 0 Å². The van der Waals surface area contributed by atoms with E-state index in [9.17, 15) is 0 Å². The van der Waals surface area contributed by atoms with Gasteiger partial charge < -0.3 is 4.42 Å². The Bertz CT molecular complexity index is 1200. The summed E-state index contributed by atoms with van der Waals surface area (Å²) in [6, 6.07) is 15.0. The van der Waals surface area contributed by atoms with Crippen molar-refractivity contribution in [2.75, 3.05) is 0 Å². The summed E-state index contributed by atoms with van der Waals surface area (Å²) in [5.41, 5.74) is 6.54. The van der Waals surface area contributed by atoms with Gasteiger partial charge >= 0.3 is 0 Å². The second-order valence-corrected chi connectivity index (χ2v) is 9.49. The van der Waals surface area contributed by atoms with E-state index in [2.05, 4.69) is 35.3 Å². The number of hydrogen-bond acceptors (Lipinski definition) is 3. The Hall–Kier alpha value is -2.68. The van der Waals surface area contributed by atoms with Crippen LogP contribution >= 0.6 is 0 Å². The van der Waals surface area contributed by atoms with Crippen molar-refractivity contribution in [3.63, 3.8) is 0 Å². The van der Waals surface area contributed by atoms with Crippen LogP contribution in [0.3, 0.4) is 0 Å². The molecule has 2 aliphatic carbocycles. The molecule has 0 bridgehead atoms. The first-order valence-corrected chi connectivity index (χ1v) is 12.2. The van der Waals surface area contributed by atoms with Gasteiger partial charge in [-0.3, -0.25) is 4.98 Å². The van der Waals surface area contributed by atoms with Crippen molar-refractivity contribution in [3.8, 4) is 11.3 Å². The fraction of sp³-hybridized carbons (Fsp3) is 0.429. The molecule has 0 unspecified atom stereocenters. The average molecular weight is 411 g/mol. The summed E-state index contributed by atoms with van der Waals surface area (Å²) < 4.78 is 6.55. The van der Waals surface area contributed by atoms with E-state index in [0.717, 1.165) is 22.6 Å². The number of pyridine rings is 2. The molecule has 4 aromatic rings. The van der Waals surface area contributed by atoms with Gasteiger partial charge in [-0.05, 0) is 61.4 Å². The summed E-state index contributed by atoms with van der Waals surface area (Å²) in [6.07, 6.45) is 15.0. The van der Waals surface area contributed by atoms with E-state index < -0.39 is 0 Å². The number of nitrogens with zero attached hydrogens (tertiary/aromatic N) is 2. The van der Waals surface area contributed by atoms with Crippen LogP contribution in [-0.4, -0.2) is 9.97 Å². The van der Waals surface area contributed by atoms with Crippen molar-refractivity contribution >= 4 is 22.1 Å². The number of hydrogen-bond donors (Lipinski definition) is 0. The molecule has 3 nitrogen and oxygen atoms in total. The second kappa shape index (κ2) is 8.11. The Morgan fingerprint density at radius 1 is 0.774 bits per heavy atom. The molecule has 0 spiro atoms. The van der Waals surface area contributed by atoms with Crippen LogP contribution < -0.4 is 0 Å². The number of benzene rings is 1. The van der Waals surface area contributed by atoms with Crippen LogP contribution in [0.1, 0.15) is 87.3 Å². The maximum atomic E-state index is 6.55. The fourth-order valence-electron chi connectivity index (χ4n) is 5.91. The lowest BCUT2D eigenvalue weighted by Gasteiger charge is -2.25. The summed E-state index contributed by atoms with van der Waals surface area (Å²) in [5, 5.41) is 2.45. The molecule has 31 heavy (non-hydrogen) atoms. The van der Waals surface area contributed by atoms with Gasteiger partial charge in [0, 0.05) is 28.8 Å². The zero-order chi connectivity index (χ0) is 20.6. The molecule has 0 atom stereocenters. The molecule has 3 aromatic heterocycles. The number of para-hydroxylation sites is 1. The molecule has 3 heteroatoms. The van der Waals surface area contributed by atoms with Gasteiger partial charge in [0.15, 0.2) is 0 Å². The Balaban J connectivity index is 1.59. The third kappa shape index (κ3) is 3.44. The molecular formula is C28H30N2O. The van der Waals surface area contributed by atoms with Crippen LogP contribution in [0.4, 0.5) is 0 Å². The monoisotopic (exact) mass is 410 g/mol. The van der Waals surface area contributed by atoms with E-state index in [1.165, 1.54) is 86.2 Å². The fourth-order valence-corrected chi connectivity index (χ4v) is 5.91. The van der Waals surface area contributed by atoms with Gasteiger partial charge in [0.1, 0.15) is 5.58 Å². The topological polar surface area (TPSA) is 38.9 Å². The van der Waals surface area contributed by atoms with Gasteiger partial charge in [-0.15, -0.1) is 0 Å². The quantitative estimate of drug-likeness (QED) is 0.342. The zero-order valence-electron chi connectivity index (χ0n) is 18.1. The van der Waals surface area contributed by atoms with Crippen LogP contribution in [-0.2, 0) is 0 Å². The lowest BCUT2D eigenvalue weighted by Crippen LogP contribution is -2.10. The standard InChI is InChI=1S/C28H30N2O/c1-3-10-19(11-4-1)23-18-25(20-12-5-2-6-13-20)30-28-26(23)22-15-9-14-21(27(22)31-28)24-16-7-8-17-29-24/h7-9,14-20H,1-6,10-13H2. The Morgan fingerprint density at radius 3 is 2.29 bits per heavy atom. The number of aromatic nitrogens is 2. The van der Waals surface area contributed by atoms with E-state index >= 15 is 0 Å². The predicted octanol–water partition coefficient (Wildman–Crippen LogP) is 8.14. The second-order valence-electron chi connectivity index (χ2n) is 9.49. The summed E-state index contributed by atoms with van der Waals surface area (Å²) in [5.74, 6) is 1.21. The Morgan fingerprint density at radius 2 is 1.55 bits per heavy atom. The summed E-state index contributed by atoms with van der Waals surface area (Å²) in [7, 11) is 0. The number of rotatable bonds is 3. The first-order chi connectivity index (χ1) is 15.4. The molecule has 2 aliphatic rings.